The Hall–Kier alpha value is -3.51. The summed E-state index contributed by atoms with van der Waals surface area (Å²) in [5.74, 6) is 1.71. The highest BCUT2D eigenvalue weighted by Gasteiger charge is 2.21. The summed E-state index contributed by atoms with van der Waals surface area (Å²) in [5, 5.41) is 13.5. The minimum absolute atomic E-state index is 0.255. The van der Waals surface area contributed by atoms with E-state index >= 15 is 0 Å². The van der Waals surface area contributed by atoms with E-state index in [1.165, 1.54) is 0 Å². The second kappa shape index (κ2) is 9.75. The molecule has 0 aromatic heterocycles. The summed E-state index contributed by atoms with van der Waals surface area (Å²) in [7, 11) is 1.63. The van der Waals surface area contributed by atoms with E-state index in [-0.39, 0.29) is 6.17 Å². The number of aryl methyl sites for hydroxylation is 2. The highest BCUT2D eigenvalue weighted by atomic mass is 16.5. The molecule has 3 aromatic carbocycles. The Bertz CT molecular complexity index is 1090. The van der Waals surface area contributed by atoms with E-state index in [0.29, 0.717) is 37.1 Å². The number of methoxy groups -OCH3 is 1. The number of ether oxygens (including phenoxy) is 3. The predicted molar refractivity (Wildman–Crippen MR) is 126 cm³/mol. The third-order valence-electron chi connectivity index (χ3n) is 5.42. The zero-order valence-electron chi connectivity index (χ0n) is 18.6. The van der Waals surface area contributed by atoms with Gasteiger partial charge in [0.1, 0.15) is 30.0 Å². The van der Waals surface area contributed by atoms with E-state index in [0.717, 1.165) is 33.5 Å². The van der Waals surface area contributed by atoms with Gasteiger partial charge in [0.25, 0.3) is 0 Å². The fourth-order valence-electron chi connectivity index (χ4n) is 3.74. The number of fused-ring (bicyclic) bond motifs is 1. The normalized spacial score (nSPS) is 14.5. The minimum atomic E-state index is -0.255. The zero-order valence-corrected chi connectivity index (χ0v) is 18.6. The topological polar surface area (TPSA) is 72.3 Å². The molecule has 6 heteroatoms. The van der Waals surface area contributed by atoms with Gasteiger partial charge in [0.2, 0.25) is 0 Å². The van der Waals surface area contributed by atoms with Crippen molar-refractivity contribution in [2.24, 2.45) is 4.99 Å². The van der Waals surface area contributed by atoms with Gasteiger partial charge in [0.15, 0.2) is 0 Å². The van der Waals surface area contributed by atoms with Crippen molar-refractivity contribution in [3.05, 3.63) is 82.4 Å². The van der Waals surface area contributed by atoms with Gasteiger partial charge in [-0.05, 0) is 48.2 Å². The van der Waals surface area contributed by atoms with Crippen molar-refractivity contribution < 1.29 is 19.3 Å². The van der Waals surface area contributed by atoms with Gasteiger partial charge >= 0.3 is 0 Å². The molecule has 166 valence electrons. The van der Waals surface area contributed by atoms with Gasteiger partial charge in [-0.3, -0.25) is 4.99 Å². The molecule has 0 bridgehead atoms. The molecule has 4 rings (SSSR count). The Kier molecular flexibility index (Phi) is 6.61. The SMILES string of the molecule is COc1cc(OCCOCc2ccccc2)cc2c1C=NC(c1cc(C)c(O)c(C)c1)N2. The molecule has 1 aliphatic heterocycles. The van der Waals surface area contributed by atoms with Crippen LogP contribution in [-0.4, -0.2) is 31.6 Å². The number of phenolic OH excluding ortho intramolecular Hbond substituents is 1. The lowest BCUT2D eigenvalue weighted by Crippen LogP contribution is -2.16. The van der Waals surface area contributed by atoms with E-state index in [1.54, 1.807) is 7.11 Å². The molecule has 3 aromatic rings. The first-order valence-corrected chi connectivity index (χ1v) is 10.6. The molecule has 6 nitrogen and oxygen atoms in total. The van der Waals surface area contributed by atoms with Gasteiger partial charge in [-0.1, -0.05) is 30.3 Å². The van der Waals surface area contributed by atoms with Crippen LogP contribution in [0.15, 0.2) is 59.6 Å². The number of anilines is 1. The maximum absolute atomic E-state index is 10.1. The van der Waals surface area contributed by atoms with Crippen LogP contribution >= 0.6 is 0 Å². The molecule has 1 heterocycles. The van der Waals surface area contributed by atoms with Gasteiger partial charge in [0.05, 0.1) is 31.6 Å². The Morgan fingerprint density at radius 3 is 2.47 bits per heavy atom. The van der Waals surface area contributed by atoms with Crippen LogP contribution in [0.3, 0.4) is 0 Å². The molecule has 2 N–H and O–H groups in total. The van der Waals surface area contributed by atoms with Gasteiger partial charge in [0, 0.05) is 18.3 Å². The van der Waals surface area contributed by atoms with Crippen molar-refractivity contribution in [2.45, 2.75) is 26.6 Å². The molecule has 0 saturated heterocycles. The Morgan fingerprint density at radius 2 is 1.75 bits per heavy atom. The standard InChI is InChI=1S/C26H28N2O4/c1-17-11-20(12-18(2)25(17)29)26-27-15-22-23(28-26)13-21(14-24(22)30-3)32-10-9-31-16-19-7-5-4-6-8-19/h4-8,11-15,26,28-29H,9-10,16H2,1-3H3. The lowest BCUT2D eigenvalue weighted by atomic mass is 10.0. The lowest BCUT2D eigenvalue weighted by molar-refractivity contribution is 0.0888. The first kappa shape index (κ1) is 21.7. The summed E-state index contributed by atoms with van der Waals surface area (Å²) < 4.78 is 17.2. The Labute approximate surface area is 188 Å². The summed E-state index contributed by atoms with van der Waals surface area (Å²) >= 11 is 0. The average Bonchev–Trinajstić information content (AvgIpc) is 2.81. The molecule has 1 unspecified atom stereocenters. The van der Waals surface area contributed by atoms with Gasteiger partial charge in [-0.2, -0.15) is 0 Å². The third kappa shape index (κ3) is 4.86. The molecule has 0 aliphatic carbocycles. The maximum atomic E-state index is 10.1. The van der Waals surface area contributed by atoms with Crippen LogP contribution in [0.2, 0.25) is 0 Å². The van der Waals surface area contributed by atoms with Crippen LogP contribution in [-0.2, 0) is 11.3 Å². The van der Waals surface area contributed by atoms with E-state index in [2.05, 4.69) is 10.3 Å². The third-order valence-corrected chi connectivity index (χ3v) is 5.42. The van der Waals surface area contributed by atoms with Crippen LogP contribution in [0.5, 0.6) is 17.2 Å². The largest absolute Gasteiger partial charge is 0.507 e. The number of hydrogen-bond donors (Lipinski definition) is 2. The second-order valence-corrected chi connectivity index (χ2v) is 7.80. The van der Waals surface area contributed by atoms with Crippen LogP contribution in [0.4, 0.5) is 5.69 Å². The van der Waals surface area contributed by atoms with Crippen molar-refractivity contribution >= 4 is 11.9 Å². The maximum Gasteiger partial charge on any atom is 0.144 e. The monoisotopic (exact) mass is 432 g/mol. The second-order valence-electron chi connectivity index (χ2n) is 7.80. The molecule has 0 fully saturated rings. The summed E-state index contributed by atoms with van der Waals surface area (Å²) in [6.07, 6.45) is 1.56. The van der Waals surface area contributed by atoms with Crippen LogP contribution in [0.1, 0.15) is 34.0 Å². The molecule has 32 heavy (non-hydrogen) atoms. The van der Waals surface area contributed by atoms with E-state index in [4.69, 9.17) is 14.2 Å². The molecule has 0 amide bonds. The molecule has 0 saturated carbocycles. The number of nitrogens with one attached hydrogen (secondary N) is 1. The molecule has 1 aliphatic rings. The summed E-state index contributed by atoms with van der Waals surface area (Å²) in [6.45, 7) is 5.26. The molecule has 0 radical (unpaired) electrons. The first-order chi connectivity index (χ1) is 15.5. The highest BCUT2D eigenvalue weighted by Crippen LogP contribution is 2.37. The molecular weight excluding hydrogens is 404 g/mol. The quantitative estimate of drug-likeness (QED) is 0.481. The van der Waals surface area contributed by atoms with Gasteiger partial charge in [-0.15, -0.1) is 0 Å². The number of nitrogens with zero attached hydrogens (tertiary/aromatic N) is 1. The van der Waals surface area contributed by atoms with Crippen molar-refractivity contribution in [3.8, 4) is 17.2 Å². The fraction of sp³-hybridized carbons (Fsp3) is 0.269. The van der Waals surface area contributed by atoms with Crippen LogP contribution in [0.25, 0.3) is 0 Å². The van der Waals surface area contributed by atoms with Crippen LogP contribution in [0, 0.1) is 13.8 Å². The number of benzene rings is 3. The number of phenols is 1. The van der Waals surface area contributed by atoms with Gasteiger partial charge in [-0.25, -0.2) is 0 Å². The minimum Gasteiger partial charge on any atom is -0.507 e. The van der Waals surface area contributed by atoms with Gasteiger partial charge < -0.3 is 24.6 Å². The predicted octanol–water partition coefficient (Wildman–Crippen LogP) is 5.16. The number of aliphatic imine (C=N–C) groups is 1. The molecule has 1 atom stereocenters. The van der Waals surface area contributed by atoms with Crippen LogP contribution < -0.4 is 14.8 Å². The number of aromatic hydroxyl groups is 1. The number of hydrogen-bond acceptors (Lipinski definition) is 6. The average molecular weight is 433 g/mol. The van der Waals surface area contributed by atoms with Crippen molar-refractivity contribution in [1.82, 2.24) is 0 Å². The lowest BCUT2D eigenvalue weighted by Gasteiger charge is -2.25. The molecular formula is C26H28N2O4. The van der Waals surface area contributed by atoms with E-state index in [1.807, 2.05) is 74.7 Å². The fourth-order valence-corrected chi connectivity index (χ4v) is 3.74. The van der Waals surface area contributed by atoms with Crippen molar-refractivity contribution in [2.75, 3.05) is 25.6 Å². The zero-order chi connectivity index (χ0) is 22.5. The summed E-state index contributed by atoms with van der Waals surface area (Å²) in [6, 6.07) is 17.8. The Balaban J connectivity index is 1.43. The van der Waals surface area contributed by atoms with E-state index < -0.39 is 0 Å². The highest BCUT2D eigenvalue weighted by molar-refractivity contribution is 5.94. The first-order valence-electron chi connectivity index (χ1n) is 10.6. The van der Waals surface area contributed by atoms with Crippen molar-refractivity contribution in [1.29, 1.82) is 0 Å². The Morgan fingerprint density at radius 1 is 1.00 bits per heavy atom. The summed E-state index contributed by atoms with van der Waals surface area (Å²) in [5.41, 5.74) is 5.54. The molecule has 0 spiro atoms. The summed E-state index contributed by atoms with van der Waals surface area (Å²) in [4.78, 5) is 4.65. The van der Waals surface area contributed by atoms with Crippen molar-refractivity contribution in [3.63, 3.8) is 0 Å². The van der Waals surface area contributed by atoms with E-state index in [9.17, 15) is 5.11 Å². The number of rotatable bonds is 8. The smallest absolute Gasteiger partial charge is 0.144 e.